The normalized spacial score (nSPS) is 23.1. The van der Waals surface area contributed by atoms with Crippen LogP contribution in [0.5, 0.6) is 0 Å². The van der Waals surface area contributed by atoms with E-state index in [2.05, 4.69) is 5.14 Å². The van der Waals surface area contributed by atoms with Gasteiger partial charge in [0.1, 0.15) is 0 Å². The summed E-state index contributed by atoms with van der Waals surface area (Å²) in [5, 5.41) is 3.96. The summed E-state index contributed by atoms with van der Waals surface area (Å²) in [5.74, 6) is 0. The van der Waals surface area contributed by atoms with E-state index in [0.717, 1.165) is 0 Å². The topological polar surface area (TPSA) is 26.0 Å². The molecule has 0 unspecified atom stereocenters. The average Bonchev–Trinajstić information content (AvgIpc) is 0.592. The molecule has 0 aliphatic heterocycles. The van der Waals surface area contributed by atoms with Gasteiger partial charge in [-0.25, -0.2) is 5.14 Å². The minimum absolute atomic E-state index is 0.125. The number of hydrogen-bond donors (Lipinski definition) is 1. The lowest BCUT2D eigenvalue weighted by molar-refractivity contribution is 0.568. The smallest absolute Gasteiger partial charge is 0.0862 e. The first-order chi connectivity index (χ1) is 2.45. The minimum atomic E-state index is -6.47. The van der Waals surface area contributed by atoms with Crippen LogP contribution in [-0.2, 0) is 0 Å². The van der Waals surface area contributed by atoms with Gasteiger partial charge in [-0.3, -0.25) is 0 Å². The van der Waals surface area contributed by atoms with Crippen LogP contribution < -0.4 is 5.14 Å². The maximum atomic E-state index is 11.6. The summed E-state index contributed by atoms with van der Waals surface area (Å²) >= 11 is 0. The molecule has 0 atom stereocenters. The molecule has 0 heterocycles. The van der Waals surface area contributed by atoms with Crippen LogP contribution in [0.3, 0.4) is 0 Å². The molecule has 0 aromatic rings. The van der Waals surface area contributed by atoms with Gasteiger partial charge in [0, 0.05) is 12.5 Å². The van der Waals surface area contributed by atoms with Crippen molar-refractivity contribution in [3.05, 3.63) is 0 Å². The van der Waals surface area contributed by atoms with E-state index in [9.17, 15) is 11.7 Å². The van der Waals surface area contributed by atoms with Gasteiger partial charge in [0.25, 0.3) is 0 Å². The van der Waals surface area contributed by atoms with Gasteiger partial charge < -0.3 is 0 Å². The second-order valence-electron chi connectivity index (χ2n) is 2.25. The number of hydrogen-bond acceptors (Lipinski definition) is 1. The summed E-state index contributed by atoms with van der Waals surface area (Å²) in [7, 11) is -6.47. The Hall–Kier alpha value is 0.100. The quantitative estimate of drug-likeness (QED) is 0.537. The highest BCUT2D eigenvalue weighted by molar-refractivity contribution is 8.51. The molecule has 0 spiro atoms. The van der Waals surface area contributed by atoms with E-state index in [0.29, 0.717) is 0 Å². The van der Waals surface area contributed by atoms with Gasteiger partial charge in [-0.15, -0.1) is 11.7 Å². The fourth-order valence-corrected chi connectivity index (χ4v) is 0. The Morgan fingerprint density at radius 1 is 1.14 bits per heavy atom. The second-order valence-corrected chi connectivity index (χ2v) is 6.74. The summed E-state index contributed by atoms with van der Waals surface area (Å²) in [4.78, 5) is 0. The molecule has 5 heteroatoms. The molecular weight excluding hydrogens is 127 g/mol. The van der Waals surface area contributed by atoms with Crippen molar-refractivity contribution in [2.24, 2.45) is 5.14 Å². The SMILES string of the molecule is CS(C)(N)(F)(F)F. The highest BCUT2D eigenvalue weighted by Crippen LogP contribution is 2.82. The Balaban J connectivity index is 4.43. The summed E-state index contributed by atoms with van der Waals surface area (Å²) in [6, 6.07) is 0. The number of rotatable bonds is 0. The first kappa shape index (κ1) is 7.10. The maximum absolute atomic E-state index is 11.6. The molecule has 0 radical (unpaired) electrons. The maximum Gasteiger partial charge on any atom is 0.0862 e. The zero-order chi connectivity index (χ0) is 6.41. The van der Waals surface area contributed by atoms with Crippen molar-refractivity contribution in [1.29, 1.82) is 0 Å². The fraction of sp³-hybridized carbons (Fsp3) is 1.00. The molecule has 0 bridgehead atoms. The average molecular weight is 135 g/mol. The van der Waals surface area contributed by atoms with Gasteiger partial charge in [-0.05, 0) is 0 Å². The molecule has 1 nitrogen and oxygen atoms in total. The molecule has 7 heavy (non-hydrogen) atoms. The van der Waals surface area contributed by atoms with Gasteiger partial charge in [-0.1, -0.05) is 0 Å². The molecule has 0 aromatic carbocycles. The third-order valence-electron chi connectivity index (χ3n) is 0. The minimum Gasteiger partial charge on any atom is -0.245 e. The van der Waals surface area contributed by atoms with Crippen LogP contribution in [0.2, 0.25) is 0 Å². The molecule has 0 aliphatic rings. The molecule has 0 fully saturated rings. The molecule has 0 rings (SSSR count). The van der Waals surface area contributed by atoms with Crippen molar-refractivity contribution in [1.82, 2.24) is 0 Å². The van der Waals surface area contributed by atoms with Gasteiger partial charge in [0.15, 0.2) is 0 Å². The summed E-state index contributed by atoms with van der Waals surface area (Å²) in [5.41, 5.74) is 0. The van der Waals surface area contributed by atoms with Crippen LogP contribution in [0.4, 0.5) is 11.7 Å². The third-order valence-corrected chi connectivity index (χ3v) is 0. The zero-order valence-electron chi connectivity index (χ0n) is 4.12. The number of halogens is 3. The molecule has 0 saturated carbocycles. The lowest BCUT2D eigenvalue weighted by atomic mass is 11.9. The van der Waals surface area contributed by atoms with Crippen molar-refractivity contribution < 1.29 is 11.7 Å². The Morgan fingerprint density at radius 3 is 1.14 bits per heavy atom. The van der Waals surface area contributed by atoms with Crippen LogP contribution in [0.25, 0.3) is 0 Å². The van der Waals surface area contributed by atoms with Gasteiger partial charge in [0.05, 0.1) is 9.64 Å². The predicted octanol–water partition coefficient (Wildman–Crippen LogP) is 1.65. The third kappa shape index (κ3) is 10300. The zero-order valence-corrected chi connectivity index (χ0v) is 4.94. The molecule has 0 amide bonds. The van der Waals surface area contributed by atoms with Crippen LogP contribution in [0.15, 0.2) is 0 Å². The van der Waals surface area contributed by atoms with E-state index in [1.165, 1.54) is 0 Å². The molecule has 0 saturated heterocycles. The van der Waals surface area contributed by atoms with E-state index < -0.39 is 9.64 Å². The predicted molar refractivity (Wildman–Crippen MR) is 27.0 cm³/mol. The standard InChI is InChI=1S/C2H8F3NS/c1-7(2,3,4,5)6/h6H2,1-2H3. The van der Waals surface area contributed by atoms with E-state index in [1.54, 1.807) is 0 Å². The van der Waals surface area contributed by atoms with Crippen molar-refractivity contribution >= 4 is 9.64 Å². The first-order valence-corrected chi connectivity index (χ1v) is 4.55. The monoisotopic (exact) mass is 135 g/mol. The lowest BCUT2D eigenvalue weighted by Gasteiger charge is -2.46. The second kappa shape index (κ2) is 0.696. The molecule has 0 aliphatic carbocycles. The van der Waals surface area contributed by atoms with Crippen molar-refractivity contribution in [3.63, 3.8) is 0 Å². The fourth-order valence-electron chi connectivity index (χ4n) is 0. The van der Waals surface area contributed by atoms with Crippen molar-refractivity contribution in [2.75, 3.05) is 12.5 Å². The highest BCUT2D eigenvalue weighted by Gasteiger charge is 2.45. The first-order valence-electron chi connectivity index (χ1n) is 1.52. The molecule has 2 N–H and O–H groups in total. The highest BCUT2D eigenvalue weighted by atomic mass is 32.4. The largest absolute Gasteiger partial charge is 0.245 e. The Kier molecular flexibility index (Phi) is 0.706. The van der Waals surface area contributed by atoms with E-state index in [-0.39, 0.29) is 12.5 Å². The Labute approximate surface area is 40.0 Å². The van der Waals surface area contributed by atoms with Gasteiger partial charge in [0.2, 0.25) is 0 Å². The molecule has 48 valence electrons. The lowest BCUT2D eigenvalue weighted by Crippen LogP contribution is -2.25. The Morgan fingerprint density at radius 2 is 1.14 bits per heavy atom. The summed E-state index contributed by atoms with van der Waals surface area (Å²) in [6.07, 6.45) is 0.250. The van der Waals surface area contributed by atoms with Crippen molar-refractivity contribution in [3.8, 4) is 0 Å². The Bertz CT molecular complexity index is 71.5. The van der Waals surface area contributed by atoms with Crippen LogP contribution in [0.1, 0.15) is 0 Å². The van der Waals surface area contributed by atoms with Crippen LogP contribution in [0, 0.1) is 0 Å². The van der Waals surface area contributed by atoms with E-state index >= 15 is 0 Å². The van der Waals surface area contributed by atoms with Crippen molar-refractivity contribution in [2.45, 2.75) is 0 Å². The summed E-state index contributed by atoms with van der Waals surface area (Å²) < 4.78 is 34.9. The molecular formula is C2H8F3NS. The molecule has 0 aromatic heterocycles. The summed E-state index contributed by atoms with van der Waals surface area (Å²) in [6.45, 7) is 0. The van der Waals surface area contributed by atoms with E-state index in [1.807, 2.05) is 0 Å². The van der Waals surface area contributed by atoms with Gasteiger partial charge in [-0.2, -0.15) is 0 Å². The van der Waals surface area contributed by atoms with Crippen LogP contribution in [-0.4, -0.2) is 12.5 Å². The number of nitrogens with two attached hydrogens (primary N) is 1. The van der Waals surface area contributed by atoms with Gasteiger partial charge >= 0.3 is 0 Å². The van der Waals surface area contributed by atoms with Crippen LogP contribution >= 0.6 is 9.64 Å². The van der Waals surface area contributed by atoms with E-state index in [4.69, 9.17) is 0 Å².